The average Bonchev–Trinajstić information content (AvgIpc) is 3.38. The molecule has 1 atom stereocenters. The second kappa shape index (κ2) is 58.9. The third-order valence-corrected chi connectivity index (χ3v) is 11.6. The smallest absolute Gasteiger partial charge is 0.306 e. The Balaban J connectivity index is 4.50. The van der Waals surface area contributed by atoms with Crippen molar-refractivity contribution < 1.29 is 28.6 Å². The van der Waals surface area contributed by atoms with E-state index in [0.29, 0.717) is 19.3 Å². The fourth-order valence-corrected chi connectivity index (χ4v) is 7.29. The Bertz CT molecular complexity index is 1610. The van der Waals surface area contributed by atoms with Crippen LogP contribution in [0.1, 0.15) is 233 Å². The van der Waals surface area contributed by atoms with Gasteiger partial charge in [0, 0.05) is 19.3 Å². The number of hydrogen-bond donors (Lipinski definition) is 0. The molecule has 0 aromatic carbocycles. The molecule has 0 rings (SSSR count). The molecule has 6 heteroatoms. The summed E-state index contributed by atoms with van der Waals surface area (Å²) in [5.74, 6) is -0.984. The van der Waals surface area contributed by atoms with Crippen molar-refractivity contribution >= 4 is 17.9 Å². The summed E-state index contributed by atoms with van der Waals surface area (Å²) in [4.78, 5) is 38.1. The minimum absolute atomic E-state index is 0.110. The zero-order valence-electron chi connectivity index (χ0n) is 46.1. The van der Waals surface area contributed by atoms with Crippen molar-refractivity contribution in [2.45, 2.75) is 239 Å². The Kier molecular flexibility index (Phi) is 55.0. The molecule has 0 radical (unpaired) electrons. The summed E-state index contributed by atoms with van der Waals surface area (Å²) in [6, 6.07) is 0. The summed E-state index contributed by atoms with van der Waals surface area (Å²) in [6.45, 7) is 6.32. The first-order valence-corrected chi connectivity index (χ1v) is 28.8. The maximum absolute atomic E-state index is 12.9. The van der Waals surface area contributed by atoms with Crippen molar-refractivity contribution in [2.75, 3.05) is 13.2 Å². The molecule has 0 aromatic heterocycles. The molecule has 72 heavy (non-hydrogen) atoms. The SMILES string of the molecule is CC/C=C\C/C=C\C/C=C\C/C=C\C/C=C\C/C=C\CCCCCCC(=O)OCC(COC(=O)CCCCCCC/C=C\CCCCC)OC(=O)CCCCC/C=C\C/C=C\C/C=C\C/C=C\C/C=C\CC. The summed E-state index contributed by atoms with van der Waals surface area (Å²) in [5, 5.41) is 0. The van der Waals surface area contributed by atoms with Gasteiger partial charge in [-0.15, -0.1) is 0 Å². The molecule has 0 bridgehead atoms. The Morgan fingerprint density at radius 3 is 0.875 bits per heavy atom. The zero-order valence-corrected chi connectivity index (χ0v) is 46.1. The van der Waals surface area contributed by atoms with Gasteiger partial charge in [0.25, 0.3) is 0 Å². The van der Waals surface area contributed by atoms with E-state index in [-0.39, 0.29) is 37.5 Å². The standard InChI is InChI=1S/C66H104O6/c1-4-7-10-13-16-19-22-25-27-29-31-32-33-34-36-37-39-41-44-47-50-53-56-59-65(68)71-62-63(61-70-64(67)58-55-52-49-46-43-24-21-18-15-12-9-6-3)72-66(69)60-57-54-51-48-45-42-40-38-35-30-28-26-23-20-17-14-11-8-5-2/h7-8,10-11,16-21,25-28,31-32,34-36,38-39,41-42,45,63H,4-6,9,12-15,22-24,29-30,33,37,40,43-44,46-62H2,1-3H3/b10-7-,11-8-,19-16-,20-17-,21-18-,27-25-,28-26-,32-31-,36-34-,38-35-,41-39-,45-42-. The van der Waals surface area contributed by atoms with Crippen molar-refractivity contribution in [2.24, 2.45) is 0 Å². The summed E-state index contributed by atoms with van der Waals surface area (Å²) >= 11 is 0. The first-order valence-electron chi connectivity index (χ1n) is 28.8. The molecule has 0 saturated heterocycles. The molecule has 0 heterocycles. The number of unbranched alkanes of at least 4 members (excludes halogenated alkanes) is 15. The highest BCUT2D eigenvalue weighted by atomic mass is 16.6. The van der Waals surface area contributed by atoms with Crippen molar-refractivity contribution in [1.82, 2.24) is 0 Å². The van der Waals surface area contributed by atoms with Gasteiger partial charge in [-0.1, -0.05) is 218 Å². The van der Waals surface area contributed by atoms with E-state index in [1.54, 1.807) is 0 Å². The van der Waals surface area contributed by atoms with Crippen LogP contribution in [0.4, 0.5) is 0 Å². The van der Waals surface area contributed by atoms with Crippen LogP contribution in [0, 0.1) is 0 Å². The lowest BCUT2D eigenvalue weighted by atomic mass is 10.1. The second-order valence-corrected chi connectivity index (χ2v) is 18.4. The van der Waals surface area contributed by atoms with Crippen molar-refractivity contribution in [3.63, 3.8) is 0 Å². The highest BCUT2D eigenvalue weighted by Crippen LogP contribution is 2.12. The zero-order chi connectivity index (χ0) is 52.2. The van der Waals surface area contributed by atoms with Crippen LogP contribution in [-0.2, 0) is 28.6 Å². The first-order chi connectivity index (χ1) is 35.5. The van der Waals surface area contributed by atoms with Gasteiger partial charge in [0.05, 0.1) is 0 Å². The number of carbonyl (C=O) groups excluding carboxylic acids is 3. The topological polar surface area (TPSA) is 78.9 Å². The number of hydrogen-bond acceptors (Lipinski definition) is 6. The minimum Gasteiger partial charge on any atom is -0.462 e. The van der Waals surface area contributed by atoms with E-state index < -0.39 is 6.10 Å². The molecular weight excluding hydrogens is 889 g/mol. The van der Waals surface area contributed by atoms with Crippen LogP contribution < -0.4 is 0 Å². The van der Waals surface area contributed by atoms with Crippen molar-refractivity contribution in [3.05, 3.63) is 146 Å². The van der Waals surface area contributed by atoms with E-state index in [2.05, 4.69) is 167 Å². The fraction of sp³-hybridized carbons (Fsp3) is 0.591. The lowest BCUT2D eigenvalue weighted by Gasteiger charge is -2.18. The van der Waals surface area contributed by atoms with Gasteiger partial charge < -0.3 is 14.2 Å². The van der Waals surface area contributed by atoms with Crippen LogP contribution >= 0.6 is 0 Å². The Morgan fingerprint density at radius 2 is 0.542 bits per heavy atom. The number of carbonyl (C=O) groups is 3. The van der Waals surface area contributed by atoms with Gasteiger partial charge in [-0.2, -0.15) is 0 Å². The molecule has 0 saturated carbocycles. The predicted octanol–water partition coefficient (Wildman–Crippen LogP) is 19.6. The van der Waals surface area contributed by atoms with Gasteiger partial charge in [0.15, 0.2) is 6.10 Å². The van der Waals surface area contributed by atoms with Gasteiger partial charge in [-0.25, -0.2) is 0 Å². The van der Waals surface area contributed by atoms with Crippen LogP contribution in [0.3, 0.4) is 0 Å². The lowest BCUT2D eigenvalue weighted by Crippen LogP contribution is -2.30. The molecule has 0 aliphatic rings. The Morgan fingerprint density at radius 1 is 0.292 bits per heavy atom. The molecule has 0 aliphatic heterocycles. The van der Waals surface area contributed by atoms with Gasteiger partial charge in [0.2, 0.25) is 0 Å². The maximum Gasteiger partial charge on any atom is 0.306 e. The summed E-state index contributed by atoms with van der Waals surface area (Å²) < 4.78 is 16.8. The van der Waals surface area contributed by atoms with Crippen LogP contribution in [0.15, 0.2) is 146 Å². The highest BCUT2D eigenvalue weighted by molar-refractivity contribution is 5.71. The lowest BCUT2D eigenvalue weighted by molar-refractivity contribution is -0.167. The molecule has 0 aliphatic carbocycles. The van der Waals surface area contributed by atoms with E-state index in [0.717, 1.165) is 154 Å². The minimum atomic E-state index is -0.817. The van der Waals surface area contributed by atoms with Gasteiger partial charge in [0.1, 0.15) is 13.2 Å². The number of rotatable bonds is 50. The van der Waals surface area contributed by atoms with E-state index in [4.69, 9.17) is 14.2 Å². The monoisotopic (exact) mass is 993 g/mol. The summed E-state index contributed by atoms with van der Waals surface area (Å²) in [5.41, 5.74) is 0. The molecule has 1 unspecified atom stereocenters. The van der Waals surface area contributed by atoms with Crippen LogP contribution in [0.2, 0.25) is 0 Å². The van der Waals surface area contributed by atoms with E-state index >= 15 is 0 Å². The average molecular weight is 994 g/mol. The molecule has 0 N–H and O–H groups in total. The van der Waals surface area contributed by atoms with Crippen LogP contribution in [-0.4, -0.2) is 37.2 Å². The molecule has 404 valence electrons. The quantitative estimate of drug-likeness (QED) is 0.0261. The van der Waals surface area contributed by atoms with Gasteiger partial charge >= 0.3 is 17.9 Å². The molecule has 6 nitrogen and oxygen atoms in total. The van der Waals surface area contributed by atoms with E-state index in [1.807, 2.05) is 0 Å². The van der Waals surface area contributed by atoms with Crippen molar-refractivity contribution in [1.29, 1.82) is 0 Å². The molecule has 0 amide bonds. The Hall–Kier alpha value is -4.71. The number of allylic oxidation sites excluding steroid dienone is 24. The van der Waals surface area contributed by atoms with Crippen LogP contribution in [0.5, 0.6) is 0 Å². The third-order valence-electron chi connectivity index (χ3n) is 11.6. The molecule has 0 aromatic rings. The third kappa shape index (κ3) is 56.2. The second-order valence-electron chi connectivity index (χ2n) is 18.4. The van der Waals surface area contributed by atoms with Crippen molar-refractivity contribution in [3.8, 4) is 0 Å². The first kappa shape index (κ1) is 67.3. The maximum atomic E-state index is 12.9. The van der Waals surface area contributed by atoms with Gasteiger partial charge in [-0.05, 0) is 141 Å². The molecule has 0 fully saturated rings. The predicted molar refractivity (Wildman–Crippen MR) is 311 cm³/mol. The highest BCUT2D eigenvalue weighted by Gasteiger charge is 2.19. The normalized spacial score (nSPS) is 13.2. The largest absolute Gasteiger partial charge is 0.462 e. The Labute approximate surface area is 442 Å². The molecule has 0 spiro atoms. The van der Waals surface area contributed by atoms with Crippen LogP contribution in [0.25, 0.3) is 0 Å². The number of esters is 3. The number of ether oxygens (including phenoxy) is 3. The fourth-order valence-electron chi connectivity index (χ4n) is 7.29. The van der Waals surface area contributed by atoms with Gasteiger partial charge in [-0.3, -0.25) is 14.4 Å². The summed E-state index contributed by atoms with van der Waals surface area (Å²) in [6.07, 6.45) is 84.1. The summed E-state index contributed by atoms with van der Waals surface area (Å²) in [7, 11) is 0. The van der Waals surface area contributed by atoms with E-state index in [1.165, 1.54) is 32.1 Å². The van der Waals surface area contributed by atoms with E-state index in [9.17, 15) is 14.4 Å². The molecular formula is C66H104O6.